The van der Waals surface area contributed by atoms with Crippen molar-refractivity contribution in [2.45, 2.75) is 75.9 Å². The molecule has 2 aliphatic heterocycles. The SMILES string of the molecule is CC(N)C1CCCCN1C(=O)CC1(N2CCOCC2)CCCC1.Cl.Cl. The second-order valence-electron chi connectivity index (χ2n) is 7.72. The van der Waals surface area contributed by atoms with Crippen molar-refractivity contribution in [3.8, 4) is 0 Å². The Morgan fingerprint density at radius 1 is 1.12 bits per heavy atom. The number of likely N-dealkylation sites (tertiary alicyclic amines) is 1. The summed E-state index contributed by atoms with van der Waals surface area (Å²) in [6.07, 6.45) is 8.89. The standard InChI is InChI=1S/C18H33N3O2.2ClH/c1-15(19)16-6-2-5-9-21(16)17(22)14-18(7-3-4-8-18)20-10-12-23-13-11-20;;/h15-16H,2-14,19H2,1H3;2*1H. The molecule has 7 heteroatoms. The number of ether oxygens (including phenoxy) is 1. The quantitative estimate of drug-likeness (QED) is 0.794. The molecule has 2 heterocycles. The number of morpholine rings is 1. The fourth-order valence-corrected chi connectivity index (χ4v) is 4.87. The minimum absolute atomic E-state index is 0. The van der Waals surface area contributed by atoms with Gasteiger partial charge in [-0.15, -0.1) is 24.8 Å². The lowest BCUT2D eigenvalue weighted by Crippen LogP contribution is -2.57. The molecular formula is C18H35Cl2N3O2. The molecule has 3 fully saturated rings. The first-order valence-corrected chi connectivity index (χ1v) is 9.50. The Hall–Kier alpha value is -0.0700. The van der Waals surface area contributed by atoms with Crippen LogP contribution in [-0.2, 0) is 9.53 Å². The molecular weight excluding hydrogens is 361 g/mol. The predicted molar refractivity (Wildman–Crippen MR) is 106 cm³/mol. The molecule has 0 radical (unpaired) electrons. The number of nitrogens with zero attached hydrogens (tertiary/aromatic N) is 2. The Labute approximate surface area is 164 Å². The molecule has 2 atom stereocenters. The Kier molecular flexibility index (Phi) is 9.47. The summed E-state index contributed by atoms with van der Waals surface area (Å²) in [5.41, 5.74) is 6.24. The number of nitrogens with two attached hydrogens (primary N) is 1. The first-order chi connectivity index (χ1) is 11.1. The van der Waals surface area contributed by atoms with Crippen molar-refractivity contribution in [1.29, 1.82) is 0 Å². The lowest BCUT2D eigenvalue weighted by Gasteiger charge is -2.45. The number of amides is 1. The largest absolute Gasteiger partial charge is 0.379 e. The van der Waals surface area contributed by atoms with Gasteiger partial charge in [-0.05, 0) is 39.0 Å². The number of carbonyl (C=O) groups excluding carboxylic acids is 1. The maximum Gasteiger partial charge on any atom is 0.224 e. The highest BCUT2D eigenvalue weighted by Gasteiger charge is 2.43. The van der Waals surface area contributed by atoms with E-state index in [0.717, 1.165) is 58.5 Å². The highest BCUT2D eigenvalue weighted by molar-refractivity contribution is 5.85. The van der Waals surface area contributed by atoms with E-state index in [2.05, 4.69) is 9.80 Å². The van der Waals surface area contributed by atoms with Crippen molar-refractivity contribution < 1.29 is 9.53 Å². The average molecular weight is 396 g/mol. The fourth-order valence-electron chi connectivity index (χ4n) is 4.87. The number of carbonyl (C=O) groups is 1. The smallest absolute Gasteiger partial charge is 0.224 e. The van der Waals surface area contributed by atoms with E-state index in [4.69, 9.17) is 10.5 Å². The molecule has 2 saturated heterocycles. The minimum atomic E-state index is 0. The third-order valence-corrected chi connectivity index (χ3v) is 6.17. The van der Waals surface area contributed by atoms with Crippen LogP contribution in [0.5, 0.6) is 0 Å². The fraction of sp³-hybridized carbons (Fsp3) is 0.944. The molecule has 1 aliphatic carbocycles. The second-order valence-corrected chi connectivity index (χ2v) is 7.72. The molecule has 1 saturated carbocycles. The summed E-state index contributed by atoms with van der Waals surface area (Å²) in [6, 6.07) is 0.307. The number of halogens is 2. The minimum Gasteiger partial charge on any atom is -0.379 e. The van der Waals surface area contributed by atoms with E-state index in [0.29, 0.717) is 12.3 Å². The molecule has 25 heavy (non-hydrogen) atoms. The van der Waals surface area contributed by atoms with E-state index in [1.54, 1.807) is 0 Å². The van der Waals surface area contributed by atoms with Gasteiger partial charge in [-0.25, -0.2) is 0 Å². The summed E-state index contributed by atoms with van der Waals surface area (Å²) in [7, 11) is 0. The first-order valence-electron chi connectivity index (χ1n) is 9.50. The van der Waals surface area contributed by atoms with Crippen molar-refractivity contribution in [3.05, 3.63) is 0 Å². The maximum absolute atomic E-state index is 13.1. The molecule has 0 aromatic carbocycles. The summed E-state index contributed by atoms with van der Waals surface area (Å²) in [5, 5.41) is 0. The van der Waals surface area contributed by atoms with Crippen LogP contribution in [0.4, 0.5) is 0 Å². The van der Waals surface area contributed by atoms with Gasteiger partial charge < -0.3 is 15.4 Å². The summed E-state index contributed by atoms with van der Waals surface area (Å²) in [5.74, 6) is 0.334. The van der Waals surface area contributed by atoms with Crippen LogP contribution in [0, 0.1) is 0 Å². The summed E-state index contributed by atoms with van der Waals surface area (Å²) in [6.45, 7) is 6.51. The molecule has 1 amide bonds. The normalized spacial score (nSPS) is 27.9. The second kappa shape index (κ2) is 10.3. The van der Waals surface area contributed by atoms with Crippen LogP contribution in [0.1, 0.15) is 58.3 Å². The van der Waals surface area contributed by atoms with E-state index in [-0.39, 0.29) is 42.4 Å². The number of hydrogen-bond donors (Lipinski definition) is 1. The van der Waals surface area contributed by atoms with Crippen LogP contribution < -0.4 is 5.73 Å². The molecule has 3 aliphatic rings. The van der Waals surface area contributed by atoms with E-state index in [1.807, 2.05) is 6.92 Å². The van der Waals surface area contributed by atoms with Gasteiger partial charge in [0.1, 0.15) is 0 Å². The highest BCUT2D eigenvalue weighted by Crippen LogP contribution is 2.39. The number of rotatable bonds is 4. The first kappa shape index (κ1) is 23.0. The number of hydrogen-bond acceptors (Lipinski definition) is 4. The van der Waals surface area contributed by atoms with E-state index >= 15 is 0 Å². The van der Waals surface area contributed by atoms with Gasteiger partial charge in [-0.3, -0.25) is 9.69 Å². The van der Waals surface area contributed by atoms with Gasteiger partial charge in [0.05, 0.1) is 13.2 Å². The molecule has 2 N–H and O–H groups in total. The van der Waals surface area contributed by atoms with E-state index in [1.165, 1.54) is 19.3 Å². The van der Waals surface area contributed by atoms with Crippen LogP contribution in [0.2, 0.25) is 0 Å². The van der Waals surface area contributed by atoms with Crippen LogP contribution in [0.15, 0.2) is 0 Å². The molecule has 148 valence electrons. The van der Waals surface area contributed by atoms with E-state index in [9.17, 15) is 4.79 Å². The third kappa shape index (κ3) is 5.23. The summed E-state index contributed by atoms with van der Waals surface area (Å²) in [4.78, 5) is 17.8. The van der Waals surface area contributed by atoms with Gasteiger partial charge in [0, 0.05) is 43.7 Å². The summed E-state index contributed by atoms with van der Waals surface area (Å²) >= 11 is 0. The van der Waals surface area contributed by atoms with Crippen LogP contribution in [-0.4, -0.2) is 66.2 Å². The zero-order chi connectivity index (χ0) is 16.3. The topological polar surface area (TPSA) is 58.8 Å². The Bertz CT molecular complexity index is 411. The van der Waals surface area contributed by atoms with Gasteiger partial charge in [-0.1, -0.05) is 12.8 Å². The molecule has 0 spiro atoms. The lowest BCUT2D eigenvalue weighted by atomic mass is 9.88. The van der Waals surface area contributed by atoms with Gasteiger partial charge in [-0.2, -0.15) is 0 Å². The monoisotopic (exact) mass is 395 g/mol. The van der Waals surface area contributed by atoms with E-state index < -0.39 is 0 Å². The summed E-state index contributed by atoms with van der Waals surface area (Å²) < 4.78 is 5.52. The third-order valence-electron chi connectivity index (χ3n) is 6.17. The van der Waals surface area contributed by atoms with Gasteiger partial charge >= 0.3 is 0 Å². The lowest BCUT2D eigenvalue weighted by molar-refractivity contribution is -0.139. The van der Waals surface area contributed by atoms with Crippen molar-refractivity contribution in [2.75, 3.05) is 32.8 Å². The average Bonchev–Trinajstić information content (AvgIpc) is 3.05. The maximum atomic E-state index is 13.1. The Morgan fingerprint density at radius 3 is 2.36 bits per heavy atom. The molecule has 0 bridgehead atoms. The van der Waals surface area contributed by atoms with Crippen LogP contribution in [0.3, 0.4) is 0 Å². The zero-order valence-electron chi connectivity index (χ0n) is 15.5. The van der Waals surface area contributed by atoms with Crippen molar-refractivity contribution in [3.63, 3.8) is 0 Å². The van der Waals surface area contributed by atoms with Gasteiger partial charge in [0.15, 0.2) is 0 Å². The Morgan fingerprint density at radius 2 is 1.76 bits per heavy atom. The van der Waals surface area contributed by atoms with Gasteiger partial charge in [0.25, 0.3) is 0 Å². The highest BCUT2D eigenvalue weighted by atomic mass is 35.5. The molecule has 5 nitrogen and oxygen atoms in total. The molecule has 0 aromatic heterocycles. The van der Waals surface area contributed by atoms with Crippen molar-refractivity contribution >= 4 is 30.7 Å². The Balaban J connectivity index is 0.00000156. The van der Waals surface area contributed by atoms with Gasteiger partial charge in [0.2, 0.25) is 5.91 Å². The predicted octanol–water partition coefficient (Wildman–Crippen LogP) is 2.59. The molecule has 3 rings (SSSR count). The van der Waals surface area contributed by atoms with Crippen LogP contribution >= 0.6 is 24.8 Å². The van der Waals surface area contributed by atoms with Crippen molar-refractivity contribution in [1.82, 2.24) is 9.80 Å². The zero-order valence-corrected chi connectivity index (χ0v) is 17.1. The molecule has 2 unspecified atom stereocenters. The number of piperidine rings is 1. The molecule has 0 aromatic rings. The van der Waals surface area contributed by atoms with Crippen LogP contribution in [0.25, 0.3) is 0 Å². The van der Waals surface area contributed by atoms with Crippen molar-refractivity contribution in [2.24, 2.45) is 5.73 Å².